The van der Waals surface area contributed by atoms with Gasteiger partial charge in [-0.05, 0) is 23.3 Å². The number of carbonyl (C=O) groups is 2. The van der Waals surface area contributed by atoms with Gasteiger partial charge in [0.25, 0.3) is 0 Å². The largest absolute Gasteiger partial charge is 0.481 e. The fourth-order valence-corrected chi connectivity index (χ4v) is 2.47. The lowest BCUT2D eigenvalue weighted by Gasteiger charge is -2.05. The van der Waals surface area contributed by atoms with Crippen molar-refractivity contribution in [2.45, 2.75) is 32.1 Å². The highest BCUT2D eigenvalue weighted by atomic mass is 32.2. The molecule has 1 heterocycles. The van der Waals surface area contributed by atoms with Crippen molar-refractivity contribution in [2.75, 3.05) is 5.75 Å². The Morgan fingerprint density at radius 1 is 1.25 bits per heavy atom. The number of aromatic nitrogens is 4. The summed E-state index contributed by atoms with van der Waals surface area (Å²) in [4.78, 5) is 21.7. The summed E-state index contributed by atoms with van der Waals surface area (Å²) in [5, 5.41) is 21.3. The summed E-state index contributed by atoms with van der Waals surface area (Å²) in [6.45, 7) is 0. The summed E-state index contributed by atoms with van der Waals surface area (Å²) in [5.41, 5.74) is 0. The van der Waals surface area contributed by atoms with Gasteiger partial charge in [-0.1, -0.05) is 0 Å². The molecule has 0 fully saturated rings. The van der Waals surface area contributed by atoms with Gasteiger partial charge >= 0.3 is 5.97 Å². The zero-order chi connectivity index (χ0) is 15.0. The minimum absolute atomic E-state index is 0.0128. The molecular formula is C9H15N5O5S. The number of aromatic amines is 1. The minimum atomic E-state index is -3.77. The van der Waals surface area contributed by atoms with Gasteiger partial charge in [0.1, 0.15) is 5.82 Å². The number of aryl methyl sites for hydroxylation is 1. The van der Waals surface area contributed by atoms with Gasteiger partial charge in [-0.25, -0.2) is 13.5 Å². The van der Waals surface area contributed by atoms with Crippen LogP contribution in [0.5, 0.6) is 0 Å². The zero-order valence-corrected chi connectivity index (χ0v) is 11.4. The van der Waals surface area contributed by atoms with Gasteiger partial charge in [0.15, 0.2) is 0 Å². The summed E-state index contributed by atoms with van der Waals surface area (Å²) in [7, 11) is -3.77. The number of tetrazole rings is 1. The molecule has 0 aromatic carbocycles. The molecule has 0 unspecified atom stereocenters. The van der Waals surface area contributed by atoms with Gasteiger partial charge in [0.2, 0.25) is 15.9 Å². The molecule has 1 aromatic rings. The lowest BCUT2D eigenvalue weighted by molar-refractivity contribution is -0.137. The molecule has 0 aliphatic carbocycles. The van der Waals surface area contributed by atoms with E-state index in [4.69, 9.17) is 5.11 Å². The second-order valence-electron chi connectivity index (χ2n) is 4.04. The molecule has 0 spiro atoms. The maximum Gasteiger partial charge on any atom is 0.303 e. The Labute approximate surface area is 115 Å². The molecule has 11 heteroatoms. The molecule has 0 radical (unpaired) electrons. The predicted molar refractivity (Wildman–Crippen MR) is 65.9 cm³/mol. The molecule has 10 nitrogen and oxygen atoms in total. The molecule has 0 aliphatic heterocycles. The van der Waals surface area contributed by atoms with Crippen LogP contribution in [0.4, 0.5) is 0 Å². The maximum atomic E-state index is 11.5. The lowest BCUT2D eigenvalue weighted by Crippen LogP contribution is -2.32. The van der Waals surface area contributed by atoms with E-state index in [9.17, 15) is 18.0 Å². The van der Waals surface area contributed by atoms with E-state index in [0.29, 0.717) is 18.7 Å². The highest BCUT2D eigenvalue weighted by molar-refractivity contribution is 7.90. The van der Waals surface area contributed by atoms with E-state index in [1.807, 2.05) is 4.72 Å². The van der Waals surface area contributed by atoms with Crippen molar-refractivity contribution >= 4 is 21.9 Å². The van der Waals surface area contributed by atoms with E-state index >= 15 is 0 Å². The fourth-order valence-electron chi connectivity index (χ4n) is 1.39. The van der Waals surface area contributed by atoms with Crippen molar-refractivity contribution in [2.24, 2.45) is 0 Å². The Morgan fingerprint density at radius 3 is 2.60 bits per heavy atom. The third-order valence-corrected chi connectivity index (χ3v) is 3.64. The van der Waals surface area contributed by atoms with Crippen LogP contribution >= 0.6 is 0 Å². The third-order valence-electron chi connectivity index (χ3n) is 2.28. The molecule has 0 bridgehead atoms. The van der Waals surface area contributed by atoms with Crippen LogP contribution in [-0.4, -0.2) is 51.8 Å². The number of hydrogen-bond acceptors (Lipinski definition) is 7. The Hall–Kier alpha value is -2.04. The van der Waals surface area contributed by atoms with Crippen molar-refractivity contribution in [1.82, 2.24) is 25.3 Å². The Kier molecular flexibility index (Phi) is 6.03. The Morgan fingerprint density at radius 2 is 2.00 bits per heavy atom. The van der Waals surface area contributed by atoms with Gasteiger partial charge < -0.3 is 5.11 Å². The van der Waals surface area contributed by atoms with Crippen molar-refractivity contribution in [3.63, 3.8) is 0 Å². The van der Waals surface area contributed by atoms with Crippen molar-refractivity contribution in [3.05, 3.63) is 5.82 Å². The number of hydrogen-bond donors (Lipinski definition) is 3. The molecule has 0 aliphatic rings. The average Bonchev–Trinajstić information content (AvgIpc) is 2.80. The van der Waals surface area contributed by atoms with Crippen LogP contribution in [0.3, 0.4) is 0 Å². The SMILES string of the molecule is O=C(O)CCCS(=O)(=O)NC(=O)CCCc1nnn[nH]1. The van der Waals surface area contributed by atoms with Gasteiger partial charge in [-0.3, -0.25) is 14.3 Å². The maximum absolute atomic E-state index is 11.5. The van der Waals surface area contributed by atoms with E-state index in [-0.39, 0.29) is 19.3 Å². The first-order chi connectivity index (χ1) is 9.39. The van der Waals surface area contributed by atoms with Crippen LogP contribution in [0.25, 0.3) is 0 Å². The van der Waals surface area contributed by atoms with Gasteiger partial charge in [0.05, 0.1) is 5.75 Å². The monoisotopic (exact) mass is 305 g/mol. The van der Waals surface area contributed by atoms with Crippen molar-refractivity contribution in [1.29, 1.82) is 0 Å². The zero-order valence-electron chi connectivity index (χ0n) is 10.6. The van der Waals surface area contributed by atoms with E-state index in [1.54, 1.807) is 0 Å². The minimum Gasteiger partial charge on any atom is -0.481 e. The first-order valence-corrected chi connectivity index (χ1v) is 7.52. The van der Waals surface area contributed by atoms with Gasteiger partial charge in [-0.15, -0.1) is 5.10 Å². The number of carboxylic acid groups (broad SMARTS) is 1. The fraction of sp³-hybridized carbons (Fsp3) is 0.667. The van der Waals surface area contributed by atoms with Crippen LogP contribution in [-0.2, 0) is 26.0 Å². The normalized spacial score (nSPS) is 11.2. The van der Waals surface area contributed by atoms with Crippen LogP contribution in [0, 0.1) is 0 Å². The van der Waals surface area contributed by atoms with Gasteiger partial charge in [0, 0.05) is 19.3 Å². The molecule has 20 heavy (non-hydrogen) atoms. The van der Waals surface area contributed by atoms with Gasteiger partial charge in [-0.2, -0.15) is 0 Å². The Bertz CT molecular complexity index is 541. The number of amides is 1. The number of sulfonamides is 1. The second kappa shape index (κ2) is 7.53. The van der Waals surface area contributed by atoms with Crippen LogP contribution < -0.4 is 4.72 Å². The van der Waals surface area contributed by atoms with Crippen LogP contribution in [0.15, 0.2) is 0 Å². The molecule has 0 atom stereocenters. The van der Waals surface area contributed by atoms with Crippen LogP contribution in [0.2, 0.25) is 0 Å². The summed E-state index contributed by atoms with van der Waals surface area (Å²) >= 11 is 0. The van der Waals surface area contributed by atoms with E-state index in [2.05, 4.69) is 20.6 Å². The number of carboxylic acids is 1. The molecule has 1 aromatic heterocycles. The molecule has 1 amide bonds. The number of aliphatic carboxylic acids is 1. The van der Waals surface area contributed by atoms with Crippen LogP contribution in [0.1, 0.15) is 31.5 Å². The molecule has 1 rings (SSSR count). The molecule has 112 valence electrons. The van der Waals surface area contributed by atoms with E-state index in [1.165, 1.54) is 0 Å². The van der Waals surface area contributed by atoms with Crippen molar-refractivity contribution < 1.29 is 23.1 Å². The summed E-state index contributed by atoms with van der Waals surface area (Å²) in [5.74, 6) is -1.58. The Balaban J connectivity index is 2.24. The second-order valence-corrected chi connectivity index (χ2v) is 5.88. The third kappa shape index (κ3) is 6.78. The average molecular weight is 305 g/mol. The molecule has 0 saturated carbocycles. The smallest absolute Gasteiger partial charge is 0.303 e. The predicted octanol–water partition coefficient (Wildman–Crippen LogP) is -1.17. The number of rotatable bonds is 9. The topological polar surface area (TPSA) is 155 Å². The molecule has 3 N–H and O–H groups in total. The van der Waals surface area contributed by atoms with E-state index in [0.717, 1.165) is 0 Å². The van der Waals surface area contributed by atoms with E-state index < -0.39 is 27.7 Å². The number of nitrogens with one attached hydrogen (secondary N) is 2. The summed E-state index contributed by atoms with van der Waals surface area (Å²) < 4.78 is 24.8. The molecule has 0 saturated heterocycles. The lowest BCUT2D eigenvalue weighted by atomic mass is 10.2. The summed E-state index contributed by atoms with van der Waals surface area (Å²) in [6, 6.07) is 0. The standard InChI is InChI=1S/C9H15N5O5S/c15-8(4-1-3-7-10-13-14-11-7)12-20(18,19)6-2-5-9(16)17/h1-6H2,(H,12,15)(H,16,17)(H,10,11,13,14). The highest BCUT2D eigenvalue weighted by Gasteiger charge is 2.15. The van der Waals surface area contributed by atoms with Crippen molar-refractivity contribution in [3.8, 4) is 0 Å². The summed E-state index contributed by atoms with van der Waals surface area (Å²) in [6.07, 6.45) is 0.543. The first kappa shape index (κ1) is 16.0. The quantitative estimate of drug-likeness (QED) is 0.515. The molecular weight excluding hydrogens is 290 g/mol. The number of carbonyl (C=O) groups excluding carboxylic acids is 1. The first-order valence-electron chi connectivity index (χ1n) is 5.87. The number of nitrogens with zero attached hydrogens (tertiary/aromatic N) is 3. The highest BCUT2D eigenvalue weighted by Crippen LogP contribution is 1.99. The number of H-pyrrole nitrogens is 1.